The van der Waals surface area contributed by atoms with Gasteiger partial charge in [-0.2, -0.15) is 0 Å². The molecule has 19 heavy (non-hydrogen) atoms. The van der Waals surface area contributed by atoms with Crippen molar-refractivity contribution in [1.82, 2.24) is 15.3 Å². The van der Waals surface area contributed by atoms with Crippen molar-refractivity contribution in [2.75, 3.05) is 13.1 Å². The number of hydrogen-bond acceptors (Lipinski definition) is 3. The third-order valence-electron chi connectivity index (χ3n) is 3.32. The molecule has 2 heterocycles. The van der Waals surface area contributed by atoms with Gasteiger partial charge in [0.15, 0.2) is 0 Å². The quantitative estimate of drug-likeness (QED) is 0.913. The maximum Gasteiger partial charge on any atom is 0.132 e. The molecule has 1 N–H and O–H groups in total. The second kappa shape index (κ2) is 6.64. The highest BCUT2D eigenvalue weighted by Gasteiger charge is 2.10. The van der Waals surface area contributed by atoms with Gasteiger partial charge in [-0.25, -0.2) is 9.97 Å². The van der Waals surface area contributed by atoms with Gasteiger partial charge in [-0.3, -0.25) is 0 Å². The SMILES string of the molecule is Cl.c1ccc(Cc2ncc3c(n2)CCNCC3)cc1. The van der Waals surface area contributed by atoms with E-state index in [9.17, 15) is 0 Å². The first-order chi connectivity index (χ1) is 8.92. The summed E-state index contributed by atoms with van der Waals surface area (Å²) in [6.45, 7) is 2.06. The molecule has 0 spiro atoms. The molecule has 1 aliphatic heterocycles. The molecule has 0 aliphatic carbocycles. The molecule has 0 unspecified atom stereocenters. The Balaban J connectivity index is 0.00000133. The minimum Gasteiger partial charge on any atom is -0.316 e. The Bertz CT molecular complexity index is 528. The van der Waals surface area contributed by atoms with Crippen LogP contribution >= 0.6 is 12.4 Å². The Morgan fingerprint density at radius 1 is 1.05 bits per heavy atom. The fourth-order valence-corrected chi connectivity index (χ4v) is 2.33. The van der Waals surface area contributed by atoms with Crippen LogP contribution in [-0.4, -0.2) is 23.1 Å². The molecule has 0 amide bonds. The number of nitrogens with zero attached hydrogens (tertiary/aromatic N) is 2. The molecule has 4 heteroatoms. The second-order valence-electron chi connectivity index (χ2n) is 4.67. The molecule has 1 aromatic heterocycles. The molecule has 0 bridgehead atoms. The molecule has 0 saturated carbocycles. The van der Waals surface area contributed by atoms with Crippen molar-refractivity contribution in [2.45, 2.75) is 19.3 Å². The lowest BCUT2D eigenvalue weighted by molar-refractivity contribution is 0.708. The number of hydrogen-bond donors (Lipinski definition) is 1. The van der Waals surface area contributed by atoms with E-state index in [0.29, 0.717) is 0 Å². The minimum atomic E-state index is 0. The van der Waals surface area contributed by atoms with E-state index < -0.39 is 0 Å². The van der Waals surface area contributed by atoms with E-state index in [1.165, 1.54) is 16.8 Å². The molecule has 0 saturated heterocycles. The Morgan fingerprint density at radius 3 is 2.68 bits per heavy atom. The van der Waals surface area contributed by atoms with Gasteiger partial charge in [0, 0.05) is 31.3 Å². The lowest BCUT2D eigenvalue weighted by Crippen LogP contribution is -2.16. The number of halogens is 1. The third kappa shape index (κ3) is 3.52. The van der Waals surface area contributed by atoms with Gasteiger partial charge >= 0.3 is 0 Å². The van der Waals surface area contributed by atoms with E-state index in [0.717, 1.165) is 38.2 Å². The Morgan fingerprint density at radius 2 is 1.84 bits per heavy atom. The monoisotopic (exact) mass is 275 g/mol. The van der Waals surface area contributed by atoms with Gasteiger partial charge in [-0.05, 0) is 24.1 Å². The van der Waals surface area contributed by atoms with E-state index in [-0.39, 0.29) is 12.4 Å². The number of benzene rings is 1. The van der Waals surface area contributed by atoms with E-state index in [2.05, 4.69) is 34.6 Å². The highest BCUT2D eigenvalue weighted by molar-refractivity contribution is 5.85. The normalized spacial score (nSPS) is 14.1. The molecule has 3 nitrogen and oxygen atoms in total. The van der Waals surface area contributed by atoms with Gasteiger partial charge in [0.05, 0.1) is 0 Å². The highest BCUT2D eigenvalue weighted by atomic mass is 35.5. The highest BCUT2D eigenvalue weighted by Crippen LogP contribution is 2.12. The first-order valence-electron chi connectivity index (χ1n) is 6.50. The molecule has 1 aromatic carbocycles. The number of fused-ring (bicyclic) bond motifs is 1. The van der Waals surface area contributed by atoms with Crippen molar-refractivity contribution >= 4 is 12.4 Å². The van der Waals surface area contributed by atoms with Crippen molar-refractivity contribution in [3.63, 3.8) is 0 Å². The van der Waals surface area contributed by atoms with Crippen molar-refractivity contribution in [3.8, 4) is 0 Å². The zero-order valence-corrected chi connectivity index (χ0v) is 11.6. The Hall–Kier alpha value is -1.45. The van der Waals surface area contributed by atoms with E-state index in [1.807, 2.05) is 12.3 Å². The molecular formula is C15H18ClN3. The molecule has 1 aliphatic rings. The molecule has 100 valence electrons. The fourth-order valence-electron chi connectivity index (χ4n) is 2.33. The van der Waals surface area contributed by atoms with Gasteiger partial charge in [0.1, 0.15) is 5.82 Å². The fraction of sp³-hybridized carbons (Fsp3) is 0.333. The predicted molar refractivity (Wildman–Crippen MR) is 78.8 cm³/mol. The summed E-state index contributed by atoms with van der Waals surface area (Å²) in [6.07, 6.45) is 4.88. The summed E-state index contributed by atoms with van der Waals surface area (Å²) in [5.74, 6) is 0.932. The Labute approximate surface area is 119 Å². The van der Waals surface area contributed by atoms with Crippen LogP contribution in [0.4, 0.5) is 0 Å². The molecule has 0 radical (unpaired) electrons. The van der Waals surface area contributed by atoms with Crippen LogP contribution in [0, 0.1) is 0 Å². The van der Waals surface area contributed by atoms with Crippen LogP contribution in [-0.2, 0) is 19.3 Å². The second-order valence-corrected chi connectivity index (χ2v) is 4.67. The summed E-state index contributed by atoms with van der Waals surface area (Å²) >= 11 is 0. The maximum absolute atomic E-state index is 4.72. The van der Waals surface area contributed by atoms with Crippen LogP contribution in [0.25, 0.3) is 0 Å². The summed E-state index contributed by atoms with van der Waals surface area (Å²) < 4.78 is 0. The van der Waals surface area contributed by atoms with Gasteiger partial charge < -0.3 is 5.32 Å². The van der Waals surface area contributed by atoms with Crippen LogP contribution in [0.2, 0.25) is 0 Å². The standard InChI is InChI=1S/C15H17N3.ClH/c1-2-4-12(5-3-1)10-15-17-11-13-6-8-16-9-7-14(13)18-15;/h1-5,11,16H,6-10H2;1H. The zero-order valence-electron chi connectivity index (χ0n) is 10.8. The van der Waals surface area contributed by atoms with E-state index in [1.54, 1.807) is 0 Å². The van der Waals surface area contributed by atoms with Crippen LogP contribution < -0.4 is 5.32 Å². The molecular weight excluding hydrogens is 258 g/mol. The van der Waals surface area contributed by atoms with Crippen molar-refractivity contribution in [2.24, 2.45) is 0 Å². The summed E-state index contributed by atoms with van der Waals surface area (Å²) in [7, 11) is 0. The van der Waals surface area contributed by atoms with Crippen molar-refractivity contribution in [1.29, 1.82) is 0 Å². The van der Waals surface area contributed by atoms with Crippen molar-refractivity contribution in [3.05, 3.63) is 59.2 Å². The lowest BCUT2D eigenvalue weighted by atomic mass is 10.1. The summed E-state index contributed by atoms with van der Waals surface area (Å²) in [4.78, 5) is 9.21. The lowest BCUT2D eigenvalue weighted by Gasteiger charge is -2.06. The van der Waals surface area contributed by atoms with Gasteiger partial charge in [-0.1, -0.05) is 30.3 Å². The van der Waals surface area contributed by atoms with E-state index >= 15 is 0 Å². The number of aromatic nitrogens is 2. The van der Waals surface area contributed by atoms with Crippen LogP contribution in [0.5, 0.6) is 0 Å². The summed E-state index contributed by atoms with van der Waals surface area (Å²) in [6, 6.07) is 10.4. The third-order valence-corrected chi connectivity index (χ3v) is 3.32. The van der Waals surface area contributed by atoms with Crippen molar-refractivity contribution < 1.29 is 0 Å². The smallest absolute Gasteiger partial charge is 0.132 e. The van der Waals surface area contributed by atoms with Crippen LogP contribution in [0.3, 0.4) is 0 Å². The number of nitrogens with one attached hydrogen (secondary N) is 1. The minimum absolute atomic E-state index is 0. The van der Waals surface area contributed by atoms with E-state index in [4.69, 9.17) is 4.98 Å². The zero-order chi connectivity index (χ0) is 12.2. The predicted octanol–water partition coefficient (Wildman–Crippen LogP) is 2.18. The van der Waals surface area contributed by atoms with Gasteiger partial charge in [0.2, 0.25) is 0 Å². The molecule has 0 atom stereocenters. The summed E-state index contributed by atoms with van der Waals surface area (Å²) in [5.41, 5.74) is 3.79. The first-order valence-corrected chi connectivity index (χ1v) is 6.50. The molecule has 3 rings (SSSR count). The average Bonchev–Trinajstić information content (AvgIpc) is 2.64. The maximum atomic E-state index is 4.72. The topological polar surface area (TPSA) is 37.8 Å². The van der Waals surface area contributed by atoms with Gasteiger partial charge in [0.25, 0.3) is 0 Å². The largest absolute Gasteiger partial charge is 0.316 e. The molecule has 2 aromatic rings. The molecule has 0 fully saturated rings. The summed E-state index contributed by atoms with van der Waals surface area (Å²) in [5, 5.41) is 3.40. The van der Waals surface area contributed by atoms with Crippen LogP contribution in [0.1, 0.15) is 22.6 Å². The van der Waals surface area contributed by atoms with Gasteiger partial charge in [-0.15, -0.1) is 12.4 Å². The Kier molecular flexibility index (Phi) is 4.88. The average molecular weight is 276 g/mol. The van der Waals surface area contributed by atoms with Crippen LogP contribution in [0.15, 0.2) is 36.5 Å². The number of rotatable bonds is 2. The first kappa shape index (κ1) is 14.0.